The summed E-state index contributed by atoms with van der Waals surface area (Å²) in [6.07, 6.45) is 6.94. The second-order valence-electron chi connectivity index (χ2n) is 5.44. The minimum Gasteiger partial charge on any atom is -0.414 e. The first-order chi connectivity index (χ1) is 9.61. The lowest BCUT2D eigenvalue weighted by Crippen LogP contribution is -2.46. The van der Waals surface area contributed by atoms with Crippen LogP contribution in [-0.4, -0.2) is 43.5 Å². The SMILES string of the molecule is CC1(N[Si][Si])CCCCC1.Cc1ccccc1N[Si][Si]. The summed E-state index contributed by atoms with van der Waals surface area (Å²) in [4.78, 5) is 6.72. The van der Waals surface area contributed by atoms with Crippen LogP contribution in [0.25, 0.3) is 0 Å². The predicted molar refractivity (Wildman–Crippen MR) is 92.4 cm³/mol. The standard InChI is InChI=1S/C7H14NSi2.C7H8NSi2/c1-7(8-10-9)5-3-2-4-6-7;1-6-4-2-3-5-7(6)8-10-9/h8H,2-6H2,1H3;2-5,8H,1H3. The number of aryl methyl sites for hydroxylation is 1. The Kier molecular flexibility index (Phi) is 8.70. The van der Waals surface area contributed by atoms with Gasteiger partial charge in [0.1, 0.15) is 9.20 Å². The van der Waals surface area contributed by atoms with Crippen LogP contribution in [0.1, 0.15) is 44.6 Å². The fourth-order valence-corrected chi connectivity index (χ4v) is 4.66. The van der Waals surface area contributed by atoms with E-state index < -0.39 is 0 Å². The molecule has 6 heteroatoms. The van der Waals surface area contributed by atoms with Crippen molar-refractivity contribution in [3.05, 3.63) is 29.8 Å². The van der Waals surface area contributed by atoms with Crippen molar-refractivity contribution < 1.29 is 0 Å². The van der Waals surface area contributed by atoms with E-state index in [0.29, 0.717) is 23.9 Å². The van der Waals surface area contributed by atoms with Gasteiger partial charge in [-0.25, -0.2) is 0 Å². The zero-order valence-corrected chi connectivity index (χ0v) is 16.3. The van der Waals surface area contributed by atoms with Gasteiger partial charge in [0.2, 0.25) is 0 Å². The third-order valence-electron chi connectivity index (χ3n) is 3.66. The summed E-state index contributed by atoms with van der Waals surface area (Å²) >= 11 is 0. The summed E-state index contributed by atoms with van der Waals surface area (Å²) in [7, 11) is 8.17. The maximum atomic E-state index is 3.50. The van der Waals surface area contributed by atoms with Crippen LogP contribution in [0.15, 0.2) is 24.3 Å². The molecule has 0 amide bonds. The molecule has 0 saturated heterocycles. The minimum absolute atomic E-state index is 0.443. The molecule has 2 N–H and O–H groups in total. The van der Waals surface area contributed by atoms with E-state index in [1.165, 1.54) is 43.4 Å². The Morgan fingerprint density at radius 2 is 1.70 bits per heavy atom. The molecule has 1 saturated carbocycles. The highest BCUT2D eigenvalue weighted by atomic mass is 29.1. The molecule has 1 aromatic rings. The molecule has 1 fully saturated rings. The second kappa shape index (κ2) is 9.72. The van der Waals surface area contributed by atoms with Gasteiger partial charge in [-0.1, -0.05) is 37.5 Å². The van der Waals surface area contributed by atoms with Crippen molar-refractivity contribution >= 4 is 43.6 Å². The van der Waals surface area contributed by atoms with E-state index >= 15 is 0 Å². The van der Waals surface area contributed by atoms with E-state index in [-0.39, 0.29) is 0 Å². The Hall–Kier alpha value is -0.152. The van der Waals surface area contributed by atoms with Gasteiger partial charge in [0.15, 0.2) is 9.20 Å². The molecule has 0 spiro atoms. The summed E-state index contributed by atoms with van der Waals surface area (Å²) in [6, 6.07) is 8.23. The Balaban J connectivity index is 0.000000200. The lowest BCUT2D eigenvalue weighted by molar-refractivity contribution is 0.297. The first-order valence-corrected chi connectivity index (χ1v) is 12.0. The van der Waals surface area contributed by atoms with Crippen molar-refractivity contribution in [2.75, 3.05) is 4.98 Å². The number of hydrogen-bond acceptors (Lipinski definition) is 2. The second-order valence-corrected chi connectivity index (χ2v) is 7.94. The molecule has 1 aliphatic rings. The minimum atomic E-state index is 0.443. The third kappa shape index (κ3) is 6.53. The molecule has 0 aromatic heterocycles. The first kappa shape index (κ1) is 17.9. The quantitative estimate of drug-likeness (QED) is 0.826. The van der Waals surface area contributed by atoms with Crippen LogP contribution in [0.4, 0.5) is 5.69 Å². The summed E-state index contributed by atoms with van der Waals surface area (Å²) in [5.41, 5.74) is 2.93. The Labute approximate surface area is 135 Å². The van der Waals surface area contributed by atoms with Crippen molar-refractivity contribution in [1.29, 1.82) is 0 Å². The van der Waals surface area contributed by atoms with Crippen molar-refractivity contribution in [3.63, 3.8) is 0 Å². The fraction of sp³-hybridized carbons (Fsp3) is 0.571. The largest absolute Gasteiger partial charge is 0.414 e. The van der Waals surface area contributed by atoms with Gasteiger partial charge in [-0.3, -0.25) is 0 Å². The van der Waals surface area contributed by atoms with E-state index in [2.05, 4.69) is 55.5 Å². The number of hydrogen-bond donors (Lipinski definition) is 2. The molecule has 0 aliphatic heterocycles. The Bertz CT molecular complexity index is 376. The third-order valence-corrected chi connectivity index (χ3v) is 5.54. The Morgan fingerprint density at radius 1 is 1.05 bits per heavy atom. The number of nitrogens with one attached hydrogen (secondary N) is 2. The van der Waals surface area contributed by atoms with Crippen molar-refractivity contribution in [2.24, 2.45) is 0 Å². The summed E-state index contributed by atoms with van der Waals surface area (Å²) in [5, 5.41) is 0. The topological polar surface area (TPSA) is 24.1 Å². The normalized spacial score (nSPS) is 17.0. The summed E-state index contributed by atoms with van der Waals surface area (Å²) < 4.78 is 0. The highest BCUT2D eigenvalue weighted by Gasteiger charge is 2.24. The van der Waals surface area contributed by atoms with Gasteiger partial charge in [0.25, 0.3) is 0 Å². The molecule has 2 nitrogen and oxygen atoms in total. The molecule has 20 heavy (non-hydrogen) atoms. The van der Waals surface area contributed by atoms with Gasteiger partial charge in [-0.2, -0.15) is 0 Å². The van der Waals surface area contributed by atoms with Gasteiger partial charge in [-0.05, 0) is 38.3 Å². The van der Waals surface area contributed by atoms with Crippen LogP contribution in [0, 0.1) is 6.92 Å². The van der Waals surface area contributed by atoms with Crippen LogP contribution in [0.5, 0.6) is 0 Å². The number of para-hydroxylation sites is 1. The summed E-state index contributed by atoms with van der Waals surface area (Å²) in [6.45, 7) is 4.42. The van der Waals surface area contributed by atoms with Gasteiger partial charge < -0.3 is 9.96 Å². The van der Waals surface area contributed by atoms with E-state index in [1.54, 1.807) is 0 Å². The first-order valence-electron chi connectivity index (χ1n) is 7.03. The average Bonchev–Trinajstić information content (AvgIpc) is 2.43. The molecular weight excluding hydrogens is 309 g/mol. The van der Waals surface area contributed by atoms with Crippen LogP contribution in [-0.2, 0) is 0 Å². The molecule has 10 radical (unpaired) electrons. The maximum absolute atomic E-state index is 3.50. The molecule has 0 heterocycles. The van der Waals surface area contributed by atoms with Crippen LogP contribution in [0.2, 0.25) is 0 Å². The van der Waals surface area contributed by atoms with Crippen LogP contribution >= 0.6 is 0 Å². The smallest absolute Gasteiger partial charge is 0.150 e. The highest BCUT2D eigenvalue weighted by molar-refractivity contribution is 6.91. The maximum Gasteiger partial charge on any atom is 0.150 e. The Morgan fingerprint density at radius 3 is 2.25 bits per heavy atom. The van der Waals surface area contributed by atoms with Gasteiger partial charge in [0.05, 0.1) is 0 Å². The van der Waals surface area contributed by atoms with Crippen molar-refractivity contribution in [3.8, 4) is 0 Å². The number of benzene rings is 1. The highest BCUT2D eigenvalue weighted by Crippen LogP contribution is 2.26. The van der Waals surface area contributed by atoms with E-state index in [9.17, 15) is 0 Å². The van der Waals surface area contributed by atoms with Gasteiger partial charge in [-0.15, -0.1) is 0 Å². The molecule has 0 atom stereocenters. The molecule has 1 aliphatic carbocycles. The number of anilines is 1. The molecular formula is C14H22N2Si4. The van der Waals surface area contributed by atoms with E-state index in [1.807, 2.05) is 12.1 Å². The zero-order valence-electron chi connectivity index (χ0n) is 12.3. The molecule has 0 unspecified atom stereocenters. The van der Waals surface area contributed by atoms with Gasteiger partial charge >= 0.3 is 0 Å². The lowest BCUT2D eigenvalue weighted by atomic mass is 9.84. The predicted octanol–water partition coefficient (Wildman–Crippen LogP) is 2.11. The van der Waals surface area contributed by atoms with Crippen LogP contribution in [0.3, 0.4) is 0 Å². The van der Waals surface area contributed by atoms with Gasteiger partial charge in [0, 0.05) is 30.7 Å². The molecule has 2 rings (SSSR count). The lowest BCUT2D eigenvalue weighted by Gasteiger charge is -2.34. The van der Waals surface area contributed by atoms with Crippen molar-refractivity contribution in [2.45, 2.75) is 51.5 Å². The molecule has 104 valence electrons. The zero-order chi connectivity index (χ0) is 14.8. The van der Waals surface area contributed by atoms with Crippen molar-refractivity contribution in [1.82, 2.24) is 4.98 Å². The molecule has 0 bridgehead atoms. The molecule has 1 aromatic carbocycles. The summed E-state index contributed by atoms with van der Waals surface area (Å²) in [5.74, 6) is 0. The van der Waals surface area contributed by atoms with E-state index in [0.717, 1.165) is 0 Å². The van der Waals surface area contributed by atoms with E-state index in [4.69, 9.17) is 0 Å². The average molecular weight is 331 g/mol. The monoisotopic (exact) mass is 330 g/mol. The number of rotatable bonds is 4. The van der Waals surface area contributed by atoms with Crippen LogP contribution < -0.4 is 9.96 Å². The fourth-order valence-electron chi connectivity index (χ4n) is 2.39.